The van der Waals surface area contributed by atoms with Gasteiger partial charge < -0.3 is 14.7 Å². The van der Waals surface area contributed by atoms with Gasteiger partial charge in [-0.1, -0.05) is 0 Å². The Hall–Kier alpha value is -2.29. The number of carbonyl (C=O) groups is 1. The molecule has 0 amide bonds. The molecule has 0 atom stereocenters. The maximum absolute atomic E-state index is 10.9. The van der Waals surface area contributed by atoms with Crippen LogP contribution in [0.2, 0.25) is 0 Å². The standard InChI is InChI=1S/C9H12N6O3/c1-18-3-2-14(6-9(16)17)8-5-10-4-7-11-12-13-15(7)8/h4-5H,2-3,6H2,1H3,(H,16,17). The van der Waals surface area contributed by atoms with Gasteiger partial charge in [0, 0.05) is 13.7 Å². The number of rotatable bonds is 6. The molecule has 0 radical (unpaired) electrons. The summed E-state index contributed by atoms with van der Waals surface area (Å²) in [6.07, 6.45) is 3.01. The smallest absolute Gasteiger partial charge is 0.323 e. The summed E-state index contributed by atoms with van der Waals surface area (Å²) < 4.78 is 6.39. The van der Waals surface area contributed by atoms with Crippen LogP contribution in [0, 0.1) is 0 Å². The van der Waals surface area contributed by atoms with Crippen LogP contribution >= 0.6 is 0 Å². The summed E-state index contributed by atoms with van der Waals surface area (Å²) in [4.78, 5) is 16.4. The van der Waals surface area contributed by atoms with Gasteiger partial charge in [0.15, 0.2) is 11.5 Å². The zero-order valence-corrected chi connectivity index (χ0v) is 9.72. The summed E-state index contributed by atoms with van der Waals surface area (Å²) in [5, 5.41) is 20.0. The molecule has 18 heavy (non-hydrogen) atoms. The molecule has 2 rings (SSSR count). The number of aromatic nitrogens is 5. The van der Waals surface area contributed by atoms with E-state index in [1.165, 1.54) is 16.9 Å². The highest BCUT2D eigenvalue weighted by atomic mass is 16.5. The van der Waals surface area contributed by atoms with Crippen molar-refractivity contribution >= 4 is 17.4 Å². The van der Waals surface area contributed by atoms with Crippen molar-refractivity contribution < 1.29 is 14.6 Å². The number of fused-ring (bicyclic) bond motifs is 1. The average molecular weight is 252 g/mol. The van der Waals surface area contributed by atoms with Gasteiger partial charge in [0.1, 0.15) is 6.54 Å². The van der Waals surface area contributed by atoms with E-state index in [0.717, 1.165) is 0 Å². The van der Waals surface area contributed by atoms with Crippen molar-refractivity contribution in [3.8, 4) is 0 Å². The van der Waals surface area contributed by atoms with E-state index in [4.69, 9.17) is 9.84 Å². The lowest BCUT2D eigenvalue weighted by Crippen LogP contribution is -2.34. The number of hydrogen-bond acceptors (Lipinski definition) is 7. The van der Waals surface area contributed by atoms with Gasteiger partial charge in [0.2, 0.25) is 0 Å². The van der Waals surface area contributed by atoms with Crippen LogP contribution in [0.25, 0.3) is 5.65 Å². The highest BCUT2D eigenvalue weighted by molar-refractivity contribution is 5.73. The zero-order chi connectivity index (χ0) is 13.0. The summed E-state index contributed by atoms with van der Waals surface area (Å²) in [5.41, 5.74) is 0.459. The van der Waals surface area contributed by atoms with E-state index < -0.39 is 5.97 Å². The van der Waals surface area contributed by atoms with Crippen LogP contribution in [-0.2, 0) is 9.53 Å². The highest BCUT2D eigenvalue weighted by Crippen LogP contribution is 2.12. The van der Waals surface area contributed by atoms with Crippen molar-refractivity contribution in [2.24, 2.45) is 0 Å². The number of carboxylic acid groups (broad SMARTS) is 1. The fourth-order valence-corrected chi connectivity index (χ4v) is 1.52. The van der Waals surface area contributed by atoms with Crippen molar-refractivity contribution in [1.82, 2.24) is 25.0 Å². The fraction of sp³-hybridized carbons (Fsp3) is 0.444. The maximum Gasteiger partial charge on any atom is 0.323 e. The fourth-order valence-electron chi connectivity index (χ4n) is 1.52. The normalized spacial score (nSPS) is 10.7. The van der Waals surface area contributed by atoms with Crippen molar-refractivity contribution in [2.75, 3.05) is 31.7 Å². The predicted octanol–water partition coefficient (Wildman–Crippen LogP) is -0.943. The molecule has 96 valence electrons. The van der Waals surface area contributed by atoms with E-state index >= 15 is 0 Å². The molecule has 1 N–H and O–H groups in total. The Morgan fingerprint density at radius 3 is 3.11 bits per heavy atom. The lowest BCUT2D eigenvalue weighted by atomic mass is 10.4. The lowest BCUT2D eigenvalue weighted by molar-refractivity contribution is -0.135. The first-order chi connectivity index (χ1) is 8.72. The lowest BCUT2D eigenvalue weighted by Gasteiger charge is -2.21. The molecule has 0 saturated heterocycles. The second-order valence-electron chi connectivity index (χ2n) is 3.52. The van der Waals surface area contributed by atoms with E-state index in [-0.39, 0.29) is 6.54 Å². The summed E-state index contributed by atoms with van der Waals surface area (Å²) in [7, 11) is 1.55. The molecule has 9 heteroatoms. The van der Waals surface area contributed by atoms with Crippen LogP contribution in [0.1, 0.15) is 0 Å². The third-order valence-corrected chi connectivity index (χ3v) is 2.31. The van der Waals surface area contributed by atoms with E-state index in [9.17, 15) is 4.79 Å². The molecule has 2 aromatic rings. The van der Waals surface area contributed by atoms with Gasteiger partial charge in [-0.2, -0.15) is 4.52 Å². The minimum atomic E-state index is -0.948. The number of nitrogens with zero attached hydrogens (tertiary/aromatic N) is 6. The second kappa shape index (κ2) is 5.36. The highest BCUT2D eigenvalue weighted by Gasteiger charge is 2.15. The Bertz CT molecular complexity index is 542. The summed E-state index contributed by atoms with van der Waals surface area (Å²) in [6.45, 7) is 0.624. The van der Waals surface area contributed by atoms with Crippen LogP contribution in [-0.4, -0.2) is 62.9 Å². The van der Waals surface area contributed by atoms with Crippen LogP contribution in [0.4, 0.5) is 5.82 Å². The minimum Gasteiger partial charge on any atom is -0.480 e. The van der Waals surface area contributed by atoms with Gasteiger partial charge in [-0.25, -0.2) is 0 Å². The number of methoxy groups -OCH3 is 1. The average Bonchev–Trinajstić information content (AvgIpc) is 2.82. The molecule has 0 spiro atoms. The number of hydrogen-bond donors (Lipinski definition) is 1. The van der Waals surface area contributed by atoms with Crippen LogP contribution in [0.5, 0.6) is 0 Å². The van der Waals surface area contributed by atoms with Gasteiger partial charge in [-0.3, -0.25) is 9.78 Å². The number of carboxylic acids is 1. The van der Waals surface area contributed by atoms with Crippen LogP contribution in [0.3, 0.4) is 0 Å². The van der Waals surface area contributed by atoms with Gasteiger partial charge in [0.05, 0.1) is 19.0 Å². The first-order valence-electron chi connectivity index (χ1n) is 5.20. The van der Waals surface area contributed by atoms with Crippen molar-refractivity contribution in [2.45, 2.75) is 0 Å². The van der Waals surface area contributed by atoms with E-state index in [1.54, 1.807) is 12.0 Å². The molecule has 0 unspecified atom stereocenters. The Balaban J connectivity index is 2.33. The molecule has 0 fully saturated rings. The van der Waals surface area contributed by atoms with E-state index in [1.807, 2.05) is 0 Å². The minimum absolute atomic E-state index is 0.177. The third-order valence-electron chi connectivity index (χ3n) is 2.31. The summed E-state index contributed by atoms with van der Waals surface area (Å²) >= 11 is 0. The van der Waals surface area contributed by atoms with Crippen molar-refractivity contribution in [1.29, 1.82) is 0 Å². The molecule has 0 aromatic carbocycles. The predicted molar refractivity (Wildman–Crippen MR) is 60.3 cm³/mol. The molecular weight excluding hydrogens is 240 g/mol. The second-order valence-corrected chi connectivity index (χ2v) is 3.52. The van der Waals surface area contributed by atoms with Crippen molar-refractivity contribution in [3.63, 3.8) is 0 Å². The first kappa shape index (κ1) is 12.2. The third kappa shape index (κ3) is 2.51. The summed E-state index contributed by atoms with van der Waals surface area (Å²) in [5.74, 6) is -0.437. The quantitative estimate of drug-likeness (QED) is 0.702. The van der Waals surface area contributed by atoms with Crippen molar-refractivity contribution in [3.05, 3.63) is 12.4 Å². The van der Waals surface area contributed by atoms with Crippen LogP contribution < -0.4 is 4.90 Å². The monoisotopic (exact) mass is 252 g/mol. The molecule has 2 heterocycles. The Kier molecular flexibility index (Phi) is 3.63. The molecule has 2 aromatic heterocycles. The summed E-state index contributed by atoms with van der Waals surface area (Å²) in [6, 6.07) is 0. The number of tetrazole rings is 1. The molecule has 0 aliphatic carbocycles. The number of ether oxygens (including phenoxy) is 1. The van der Waals surface area contributed by atoms with E-state index in [0.29, 0.717) is 24.6 Å². The number of anilines is 1. The topological polar surface area (TPSA) is 106 Å². The zero-order valence-electron chi connectivity index (χ0n) is 9.72. The number of aliphatic carboxylic acids is 1. The molecule has 0 saturated carbocycles. The first-order valence-corrected chi connectivity index (χ1v) is 5.20. The van der Waals surface area contributed by atoms with Gasteiger partial charge >= 0.3 is 5.97 Å². The molecule has 0 aliphatic rings. The van der Waals surface area contributed by atoms with E-state index in [2.05, 4.69) is 20.5 Å². The van der Waals surface area contributed by atoms with Crippen LogP contribution in [0.15, 0.2) is 12.4 Å². The Morgan fingerprint density at radius 2 is 2.39 bits per heavy atom. The van der Waals surface area contributed by atoms with Gasteiger partial charge in [-0.05, 0) is 10.4 Å². The SMILES string of the molecule is COCCN(CC(=O)O)c1cncc2nnnn12. The van der Waals surface area contributed by atoms with Gasteiger partial charge in [0.25, 0.3) is 0 Å². The molecule has 0 aliphatic heterocycles. The largest absolute Gasteiger partial charge is 0.480 e. The van der Waals surface area contributed by atoms with Gasteiger partial charge in [-0.15, -0.1) is 5.10 Å². The maximum atomic E-state index is 10.9. The Morgan fingerprint density at radius 1 is 1.56 bits per heavy atom. The molecule has 9 nitrogen and oxygen atoms in total. The molecular formula is C9H12N6O3. The Labute approximate surface area is 102 Å². The molecule has 0 bridgehead atoms.